The Morgan fingerprint density at radius 1 is 1.23 bits per heavy atom. The highest BCUT2D eigenvalue weighted by Crippen LogP contribution is 2.46. The van der Waals surface area contributed by atoms with Gasteiger partial charge in [0.1, 0.15) is 12.1 Å². The first-order chi connectivity index (χ1) is 11.6. The summed E-state index contributed by atoms with van der Waals surface area (Å²) >= 11 is 0. The first-order valence-electron chi connectivity index (χ1n) is 9.27. The van der Waals surface area contributed by atoms with Gasteiger partial charge in [-0.05, 0) is 37.5 Å². The van der Waals surface area contributed by atoms with Gasteiger partial charge in [-0.15, -0.1) is 12.4 Å². The van der Waals surface area contributed by atoms with Gasteiger partial charge in [0, 0.05) is 25.7 Å². The van der Waals surface area contributed by atoms with Crippen molar-refractivity contribution in [3.05, 3.63) is 0 Å². The highest BCUT2D eigenvalue weighted by Gasteiger charge is 2.56. The minimum Gasteiger partial charge on any atom is -0.338 e. The summed E-state index contributed by atoms with van der Waals surface area (Å²) in [5.74, 6) is -0.0247. The standard InChI is InChI=1S/C18H30N4O3.ClH/c1-12-7-17(3,4)11-18(8-12)15(24)22(16(25)20-18)10-14(23)21-6-5-19-13(2)9-21;/h12-13,19H,5-11H2,1-4H3,(H,20,25);1H. The van der Waals surface area contributed by atoms with Gasteiger partial charge in [-0.25, -0.2) is 4.79 Å². The van der Waals surface area contributed by atoms with Gasteiger partial charge >= 0.3 is 6.03 Å². The van der Waals surface area contributed by atoms with Crippen LogP contribution in [0.25, 0.3) is 0 Å². The van der Waals surface area contributed by atoms with Gasteiger partial charge in [0.25, 0.3) is 5.91 Å². The number of hydrogen-bond donors (Lipinski definition) is 2. The Labute approximate surface area is 161 Å². The first-order valence-corrected chi connectivity index (χ1v) is 9.27. The quantitative estimate of drug-likeness (QED) is 0.702. The van der Waals surface area contributed by atoms with Gasteiger partial charge in [-0.3, -0.25) is 14.5 Å². The minimum atomic E-state index is -0.838. The molecule has 3 unspecified atom stereocenters. The highest BCUT2D eigenvalue weighted by atomic mass is 35.5. The maximum absolute atomic E-state index is 13.1. The number of piperazine rings is 1. The third kappa shape index (κ3) is 3.98. The van der Waals surface area contributed by atoms with E-state index < -0.39 is 11.6 Å². The number of amides is 4. The van der Waals surface area contributed by atoms with Crippen molar-refractivity contribution in [1.82, 2.24) is 20.4 Å². The Hall–Kier alpha value is -1.34. The molecule has 2 aliphatic heterocycles. The largest absolute Gasteiger partial charge is 0.338 e. The van der Waals surface area contributed by atoms with E-state index in [2.05, 4.69) is 31.4 Å². The maximum atomic E-state index is 13.1. The summed E-state index contributed by atoms with van der Waals surface area (Å²) in [5, 5.41) is 6.21. The molecule has 2 heterocycles. The van der Waals surface area contributed by atoms with Crippen LogP contribution in [0.3, 0.4) is 0 Å². The molecule has 1 spiro atoms. The van der Waals surface area contributed by atoms with Crippen molar-refractivity contribution in [3.8, 4) is 0 Å². The minimum absolute atomic E-state index is 0. The molecule has 4 amide bonds. The van der Waals surface area contributed by atoms with Gasteiger partial charge < -0.3 is 15.5 Å². The van der Waals surface area contributed by atoms with Gasteiger partial charge in [-0.2, -0.15) is 0 Å². The second kappa shape index (κ2) is 7.35. The van der Waals surface area contributed by atoms with E-state index in [1.807, 2.05) is 6.92 Å². The fourth-order valence-corrected chi connectivity index (χ4v) is 5.04. The van der Waals surface area contributed by atoms with E-state index in [1.165, 1.54) is 0 Å². The van der Waals surface area contributed by atoms with E-state index in [-0.39, 0.29) is 42.2 Å². The number of nitrogens with zero attached hydrogens (tertiary/aromatic N) is 2. The summed E-state index contributed by atoms with van der Waals surface area (Å²) in [6.45, 7) is 10.2. The zero-order chi connectivity index (χ0) is 18.4. The molecule has 1 saturated carbocycles. The molecule has 3 atom stereocenters. The number of halogens is 1. The molecule has 0 radical (unpaired) electrons. The number of rotatable bonds is 2. The van der Waals surface area contributed by atoms with Crippen LogP contribution in [0.4, 0.5) is 4.79 Å². The van der Waals surface area contributed by atoms with Gasteiger partial charge in [-0.1, -0.05) is 20.8 Å². The summed E-state index contributed by atoms with van der Waals surface area (Å²) in [7, 11) is 0. The Morgan fingerprint density at radius 3 is 2.54 bits per heavy atom. The number of nitrogens with one attached hydrogen (secondary N) is 2. The third-order valence-corrected chi connectivity index (χ3v) is 5.64. The van der Waals surface area contributed by atoms with Crippen molar-refractivity contribution >= 4 is 30.3 Å². The van der Waals surface area contributed by atoms with Crippen LogP contribution < -0.4 is 10.6 Å². The van der Waals surface area contributed by atoms with Crippen LogP contribution in [-0.2, 0) is 9.59 Å². The summed E-state index contributed by atoms with van der Waals surface area (Å²) in [6.07, 6.45) is 2.32. The van der Waals surface area contributed by atoms with Crippen LogP contribution in [0.5, 0.6) is 0 Å². The Morgan fingerprint density at radius 2 is 1.92 bits per heavy atom. The van der Waals surface area contributed by atoms with Gasteiger partial charge in [0.2, 0.25) is 5.91 Å². The second-order valence-electron chi connectivity index (χ2n) is 8.95. The molecule has 2 N–H and O–H groups in total. The zero-order valence-electron chi connectivity index (χ0n) is 16.1. The van der Waals surface area contributed by atoms with Crippen molar-refractivity contribution in [2.45, 2.75) is 58.5 Å². The predicted octanol–water partition coefficient (Wildman–Crippen LogP) is 1.37. The van der Waals surface area contributed by atoms with E-state index >= 15 is 0 Å². The molecule has 3 aliphatic rings. The molecule has 8 heteroatoms. The van der Waals surface area contributed by atoms with Gasteiger partial charge in [0.05, 0.1) is 0 Å². The van der Waals surface area contributed by atoms with Crippen LogP contribution >= 0.6 is 12.4 Å². The average molecular weight is 387 g/mol. The van der Waals surface area contributed by atoms with Crippen molar-refractivity contribution < 1.29 is 14.4 Å². The number of carbonyl (C=O) groups excluding carboxylic acids is 3. The smallest absolute Gasteiger partial charge is 0.325 e. The lowest BCUT2D eigenvalue weighted by atomic mass is 9.64. The van der Waals surface area contributed by atoms with E-state index in [1.54, 1.807) is 4.90 Å². The number of imide groups is 1. The molecule has 7 nitrogen and oxygen atoms in total. The fourth-order valence-electron chi connectivity index (χ4n) is 5.04. The van der Waals surface area contributed by atoms with Crippen LogP contribution in [0.2, 0.25) is 0 Å². The van der Waals surface area contributed by atoms with Crippen LogP contribution in [0.15, 0.2) is 0 Å². The molecular weight excluding hydrogens is 356 g/mol. The fraction of sp³-hybridized carbons (Fsp3) is 0.833. The molecular formula is C18H31ClN4O3. The first kappa shape index (κ1) is 21.0. The second-order valence-corrected chi connectivity index (χ2v) is 8.95. The monoisotopic (exact) mass is 386 g/mol. The molecule has 0 aromatic heterocycles. The zero-order valence-corrected chi connectivity index (χ0v) is 16.9. The molecule has 0 aromatic carbocycles. The maximum Gasteiger partial charge on any atom is 0.325 e. The van der Waals surface area contributed by atoms with Crippen LogP contribution in [0.1, 0.15) is 47.0 Å². The van der Waals surface area contributed by atoms with Crippen molar-refractivity contribution in [2.24, 2.45) is 11.3 Å². The van der Waals surface area contributed by atoms with Crippen LogP contribution in [-0.4, -0.2) is 65.4 Å². The number of urea groups is 1. The Kier molecular flexibility index (Phi) is 5.93. The normalized spacial score (nSPS) is 33.8. The van der Waals surface area contributed by atoms with Crippen LogP contribution in [0, 0.1) is 11.3 Å². The lowest BCUT2D eigenvalue weighted by molar-refractivity contribution is -0.141. The van der Waals surface area contributed by atoms with Gasteiger partial charge in [0.15, 0.2) is 0 Å². The average Bonchev–Trinajstić information content (AvgIpc) is 2.68. The lowest BCUT2D eigenvalue weighted by Gasteiger charge is -2.43. The third-order valence-electron chi connectivity index (χ3n) is 5.64. The van der Waals surface area contributed by atoms with E-state index in [0.717, 1.165) is 17.9 Å². The summed E-state index contributed by atoms with van der Waals surface area (Å²) in [4.78, 5) is 41.0. The predicted molar refractivity (Wildman–Crippen MR) is 101 cm³/mol. The molecule has 0 bridgehead atoms. The van der Waals surface area contributed by atoms with E-state index in [9.17, 15) is 14.4 Å². The number of hydrogen-bond acceptors (Lipinski definition) is 4. The molecule has 3 fully saturated rings. The molecule has 0 aromatic rings. The van der Waals surface area contributed by atoms with Crippen molar-refractivity contribution in [3.63, 3.8) is 0 Å². The summed E-state index contributed by atoms with van der Waals surface area (Å²) < 4.78 is 0. The van der Waals surface area contributed by atoms with Crippen molar-refractivity contribution in [2.75, 3.05) is 26.2 Å². The molecule has 3 rings (SSSR count). The lowest BCUT2D eigenvalue weighted by Crippen LogP contribution is -2.55. The molecule has 2 saturated heterocycles. The molecule has 26 heavy (non-hydrogen) atoms. The van der Waals surface area contributed by atoms with E-state index in [0.29, 0.717) is 31.8 Å². The SMILES string of the molecule is CC1CC(C)(C)CC2(C1)NC(=O)N(CC(=O)N1CCNC(C)C1)C2=O.Cl. The molecule has 1 aliphatic carbocycles. The summed E-state index contributed by atoms with van der Waals surface area (Å²) in [6, 6.07) is -0.196. The number of carbonyl (C=O) groups is 3. The molecule has 148 valence electrons. The van der Waals surface area contributed by atoms with Crippen molar-refractivity contribution in [1.29, 1.82) is 0 Å². The topological polar surface area (TPSA) is 81.8 Å². The Bertz CT molecular complexity index is 597. The Balaban J connectivity index is 0.00000243. The highest BCUT2D eigenvalue weighted by molar-refractivity contribution is 6.09. The van der Waals surface area contributed by atoms with E-state index in [4.69, 9.17) is 0 Å². The summed E-state index contributed by atoms with van der Waals surface area (Å²) in [5.41, 5.74) is -0.843.